The number of aromatic nitrogens is 2. The second-order valence-electron chi connectivity index (χ2n) is 7.94. The largest absolute Gasteiger partial charge is 0.478 e. The summed E-state index contributed by atoms with van der Waals surface area (Å²) >= 11 is 0. The Morgan fingerprint density at radius 2 is 1.21 bits per heavy atom. The highest BCUT2D eigenvalue weighted by Crippen LogP contribution is 2.20. The van der Waals surface area contributed by atoms with Crippen LogP contribution in [-0.2, 0) is 9.47 Å². The van der Waals surface area contributed by atoms with Gasteiger partial charge < -0.3 is 26.0 Å². The number of nitrogen functional groups attached to an aromatic ring is 2. The standard InChI is InChI=1S/C9H7FN2O2.C9H10FNO2.C8H8FNO2/c1-14-9(13)7-3-6(10)2-5-4-11-12-8(5)7;1-5-3-6(10)4-7(8(5)11)9(12)13-2;1-4-2-5(9)3-6(7(4)10)8(11)12/h2-4H,1H3,(H,11,12);3-4H,11H2,1-2H3;2-3H,10H2,1H3,(H,11,12). The number of aromatic amines is 1. The van der Waals surface area contributed by atoms with E-state index in [9.17, 15) is 27.6 Å². The fraction of sp³-hybridized carbons (Fsp3) is 0.154. The lowest BCUT2D eigenvalue weighted by Crippen LogP contribution is -2.07. The number of nitrogens with two attached hydrogens (primary N) is 2. The van der Waals surface area contributed by atoms with Crippen molar-refractivity contribution in [2.24, 2.45) is 0 Å². The van der Waals surface area contributed by atoms with Crippen LogP contribution < -0.4 is 11.5 Å². The number of fused-ring (bicyclic) bond motifs is 1. The summed E-state index contributed by atoms with van der Waals surface area (Å²) in [6, 6.07) is 6.85. The van der Waals surface area contributed by atoms with Gasteiger partial charge in [-0.1, -0.05) is 0 Å². The molecule has 206 valence electrons. The van der Waals surface area contributed by atoms with Crippen molar-refractivity contribution in [2.75, 3.05) is 25.7 Å². The summed E-state index contributed by atoms with van der Waals surface area (Å²) in [6.07, 6.45) is 1.45. The van der Waals surface area contributed by atoms with E-state index in [0.29, 0.717) is 22.0 Å². The molecule has 0 spiro atoms. The first-order valence-electron chi connectivity index (χ1n) is 10.9. The molecule has 0 saturated carbocycles. The fourth-order valence-corrected chi connectivity index (χ4v) is 3.26. The molecule has 0 aliphatic heterocycles. The molecule has 0 radical (unpaired) electrons. The number of carboxylic acids is 1. The quantitative estimate of drug-likeness (QED) is 0.215. The van der Waals surface area contributed by atoms with Crippen LogP contribution in [0.25, 0.3) is 10.9 Å². The van der Waals surface area contributed by atoms with Gasteiger partial charge in [0, 0.05) is 16.8 Å². The number of nitrogens with zero attached hydrogens (tertiary/aromatic N) is 1. The number of hydrogen-bond donors (Lipinski definition) is 4. The van der Waals surface area contributed by atoms with Crippen molar-refractivity contribution in [3.8, 4) is 0 Å². The fourth-order valence-electron chi connectivity index (χ4n) is 3.26. The van der Waals surface area contributed by atoms with Gasteiger partial charge in [0.1, 0.15) is 17.5 Å². The van der Waals surface area contributed by atoms with Crippen LogP contribution in [0.1, 0.15) is 42.2 Å². The molecule has 0 aliphatic rings. The van der Waals surface area contributed by atoms with E-state index in [-0.39, 0.29) is 28.1 Å². The van der Waals surface area contributed by atoms with Gasteiger partial charge in [-0.25, -0.2) is 27.6 Å². The minimum Gasteiger partial charge on any atom is -0.478 e. The molecule has 0 fully saturated rings. The first kappa shape index (κ1) is 30.2. The Hall–Kier alpha value is -5.07. The number of ether oxygens (including phenoxy) is 2. The zero-order chi connectivity index (χ0) is 29.4. The van der Waals surface area contributed by atoms with Crippen molar-refractivity contribution in [2.45, 2.75) is 13.8 Å². The zero-order valence-corrected chi connectivity index (χ0v) is 21.3. The van der Waals surface area contributed by atoms with Crippen LogP contribution in [0.3, 0.4) is 0 Å². The van der Waals surface area contributed by atoms with Gasteiger partial charge >= 0.3 is 17.9 Å². The summed E-state index contributed by atoms with van der Waals surface area (Å²) in [5, 5.41) is 15.4. The highest BCUT2D eigenvalue weighted by Gasteiger charge is 2.14. The number of carbonyl (C=O) groups excluding carboxylic acids is 2. The van der Waals surface area contributed by atoms with E-state index in [0.717, 1.165) is 18.2 Å². The predicted octanol–water partition coefficient (Wildman–Crippen LogP) is 4.41. The SMILES string of the molecule is COC(=O)c1cc(F)cc(C)c1N.COC(=O)c1cc(F)cc2cn[nH]c12.Cc1cc(F)cc(C(=O)O)c1N. The van der Waals surface area contributed by atoms with Gasteiger partial charge in [0.05, 0.1) is 42.6 Å². The van der Waals surface area contributed by atoms with Gasteiger partial charge in [-0.2, -0.15) is 5.10 Å². The zero-order valence-electron chi connectivity index (χ0n) is 21.3. The number of nitrogens with one attached hydrogen (secondary N) is 1. The van der Waals surface area contributed by atoms with Gasteiger partial charge in [-0.15, -0.1) is 0 Å². The molecule has 0 aliphatic carbocycles. The minimum atomic E-state index is -1.21. The highest BCUT2D eigenvalue weighted by molar-refractivity contribution is 6.02. The number of aryl methyl sites for hydroxylation is 2. The van der Waals surface area contributed by atoms with E-state index >= 15 is 0 Å². The third-order valence-electron chi connectivity index (χ3n) is 5.26. The smallest absolute Gasteiger partial charge is 0.340 e. The Bertz CT molecular complexity index is 1540. The molecule has 1 heterocycles. The summed E-state index contributed by atoms with van der Waals surface area (Å²) in [5.74, 6) is -3.99. The summed E-state index contributed by atoms with van der Waals surface area (Å²) in [5.41, 5.74) is 12.8. The molecule has 39 heavy (non-hydrogen) atoms. The van der Waals surface area contributed by atoms with Crippen LogP contribution >= 0.6 is 0 Å². The number of carboxylic acid groups (broad SMARTS) is 1. The van der Waals surface area contributed by atoms with E-state index in [2.05, 4.69) is 19.7 Å². The van der Waals surface area contributed by atoms with Crippen molar-refractivity contribution in [1.82, 2.24) is 10.2 Å². The lowest BCUT2D eigenvalue weighted by Gasteiger charge is -2.06. The van der Waals surface area contributed by atoms with E-state index < -0.39 is 35.4 Å². The number of halogens is 3. The molecule has 3 aromatic carbocycles. The molecule has 0 unspecified atom stereocenters. The maximum Gasteiger partial charge on any atom is 0.340 e. The van der Waals surface area contributed by atoms with Crippen LogP contribution in [-0.4, -0.2) is 47.4 Å². The van der Waals surface area contributed by atoms with Crippen molar-refractivity contribution < 1.29 is 42.1 Å². The van der Waals surface area contributed by atoms with Crippen LogP contribution in [0.15, 0.2) is 42.6 Å². The normalized spacial score (nSPS) is 10.0. The lowest BCUT2D eigenvalue weighted by molar-refractivity contribution is 0.0593. The molecular formula is C26H25F3N4O6. The van der Waals surface area contributed by atoms with Gasteiger partial charge in [-0.3, -0.25) is 5.10 Å². The van der Waals surface area contributed by atoms with Crippen molar-refractivity contribution in [1.29, 1.82) is 0 Å². The van der Waals surface area contributed by atoms with Gasteiger partial charge in [0.2, 0.25) is 0 Å². The lowest BCUT2D eigenvalue weighted by atomic mass is 10.1. The van der Waals surface area contributed by atoms with Crippen LogP contribution in [0.2, 0.25) is 0 Å². The molecule has 0 amide bonds. The number of esters is 2. The van der Waals surface area contributed by atoms with Gasteiger partial charge in [0.15, 0.2) is 0 Å². The number of aromatic carboxylic acids is 1. The molecule has 0 saturated heterocycles. The van der Waals surface area contributed by atoms with Crippen molar-refractivity contribution >= 4 is 40.2 Å². The Kier molecular flexibility index (Phi) is 10.0. The van der Waals surface area contributed by atoms with Crippen LogP contribution in [0, 0.1) is 31.3 Å². The average molecular weight is 547 g/mol. The second kappa shape index (κ2) is 12.9. The van der Waals surface area contributed by atoms with Crippen molar-refractivity contribution in [3.63, 3.8) is 0 Å². The number of rotatable bonds is 3. The van der Waals surface area contributed by atoms with Crippen LogP contribution in [0.4, 0.5) is 24.5 Å². The number of carbonyl (C=O) groups is 3. The number of hydrogen-bond acceptors (Lipinski definition) is 8. The third-order valence-corrected chi connectivity index (χ3v) is 5.26. The topological polar surface area (TPSA) is 171 Å². The van der Waals surface area contributed by atoms with E-state index in [1.54, 1.807) is 13.8 Å². The number of benzene rings is 3. The average Bonchev–Trinajstić information content (AvgIpc) is 3.36. The molecule has 6 N–H and O–H groups in total. The van der Waals surface area contributed by atoms with Gasteiger partial charge in [-0.05, 0) is 61.4 Å². The Balaban J connectivity index is 0.000000206. The summed E-state index contributed by atoms with van der Waals surface area (Å²) in [6.45, 7) is 3.19. The highest BCUT2D eigenvalue weighted by atomic mass is 19.1. The molecule has 0 atom stereocenters. The first-order valence-corrected chi connectivity index (χ1v) is 10.9. The van der Waals surface area contributed by atoms with Crippen molar-refractivity contribution in [3.05, 3.63) is 87.9 Å². The summed E-state index contributed by atoms with van der Waals surface area (Å²) in [7, 11) is 2.47. The Labute approximate surface area is 220 Å². The molecular weight excluding hydrogens is 521 g/mol. The summed E-state index contributed by atoms with van der Waals surface area (Å²) < 4.78 is 47.5. The van der Waals surface area contributed by atoms with E-state index in [1.165, 1.54) is 38.6 Å². The Morgan fingerprint density at radius 1 is 0.769 bits per heavy atom. The molecule has 4 aromatic rings. The summed E-state index contributed by atoms with van der Waals surface area (Å²) in [4.78, 5) is 32.8. The van der Waals surface area contributed by atoms with Crippen LogP contribution in [0.5, 0.6) is 0 Å². The first-order chi connectivity index (χ1) is 18.3. The van der Waals surface area contributed by atoms with E-state index in [1.807, 2.05) is 0 Å². The number of anilines is 2. The number of H-pyrrole nitrogens is 1. The van der Waals surface area contributed by atoms with Gasteiger partial charge in [0.25, 0.3) is 0 Å². The Morgan fingerprint density at radius 3 is 1.72 bits per heavy atom. The number of methoxy groups -OCH3 is 2. The minimum absolute atomic E-state index is 0.0694. The maximum absolute atomic E-state index is 13.0. The molecule has 13 heteroatoms. The molecule has 1 aromatic heterocycles. The third kappa shape index (κ3) is 7.47. The maximum atomic E-state index is 13.0. The molecule has 4 rings (SSSR count). The monoisotopic (exact) mass is 546 g/mol. The second-order valence-corrected chi connectivity index (χ2v) is 7.94. The molecule has 10 nitrogen and oxygen atoms in total. The predicted molar refractivity (Wildman–Crippen MR) is 137 cm³/mol. The van der Waals surface area contributed by atoms with E-state index in [4.69, 9.17) is 16.6 Å². The molecule has 0 bridgehead atoms.